The molecule has 0 saturated carbocycles. The van der Waals surface area contributed by atoms with Crippen LogP contribution in [-0.4, -0.2) is 16.6 Å². The zero-order valence-electron chi connectivity index (χ0n) is 14.9. The SMILES string of the molecule is CCCCCCCC[Si](CCCCCCCC)[Si](C)C. The maximum Gasteiger partial charge on any atom is 0.0372 e. The van der Waals surface area contributed by atoms with Gasteiger partial charge in [-0.25, -0.2) is 0 Å². The van der Waals surface area contributed by atoms with E-state index in [2.05, 4.69) is 26.9 Å². The highest BCUT2D eigenvalue weighted by atomic mass is 29.2. The van der Waals surface area contributed by atoms with Gasteiger partial charge in [0.1, 0.15) is 0 Å². The van der Waals surface area contributed by atoms with Gasteiger partial charge in [-0.15, -0.1) is 0 Å². The van der Waals surface area contributed by atoms with Crippen LogP contribution in [0.3, 0.4) is 0 Å². The Balaban J connectivity index is 3.51. The molecule has 0 bridgehead atoms. The Kier molecular flexibility index (Phi) is 16.2. The van der Waals surface area contributed by atoms with Gasteiger partial charge in [-0.05, 0) is 0 Å². The lowest BCUT2D eigenvalue weighted by Gasteiger charge is -2.18. The molecular weight excluding hydrogens is 272 g/mol. The molecule has 0 rings (SSSR count). The zero-order valence-corrected chi connectivity index (χ0v) is 16.9. The molecule has 0 N–H and O–H groups in total. The number of hydrogen-bond donors (Lipinski definition) is 0. The van der Waals surface area contributed by atoms with Gasteiger partial charge in [0, 0.05) is 16.6 Å². The Morgan fingerprint density at radius 1 is 0.500 bits per heavy atom. The van der Waals surface area contributed by atoms with E-state index < -0.39 is 0 Å². The predicted molar refractivity (Wildman–Crippen MR) is 99.6 cm³/mol. The molecule has 2 radical (unpaired) electrons. The molecule has 0 saturated heterocycles. The van der Waals surface area contributed by atoms with Gasteiger partial charge < -0.3 is 0 Å². The summed E-state index contributed by atoms with van der Waals surface area (Å²) >= 11 is 0. The third-order valence-electron chi connectivity index (χ3n) is 4.37. The highest BCUT2D eigenvalue weighted by Gasteiger charge is 2.15. The number of hydrogen-bond acceptors (Lipinski definition) is 0. The fourth-order valence-corrected chi connectivity index (χ4v) is 9.53. The van der Waals surface area contributed by atoms with Gasteiger partial charge in [0.05, 0.1) is 0 Å². The third kappa shape index (κ3) is 13.4. The van der Waals surface area contributed by atoms with Crippen molar-refractivity contribution in [3.63, 3.8) is 0 Å². The second kappa shape index (κ2) is 15.8. The second-order valence-corrected chi connectivity index (χ2v) is 16.0. The second-order valence-electron chi connectivity index (χ2n) is 6.64. The molecule has 0 spiro atoms. The summed E-state index contributed by atoms with van der Waals surface area (Å²) in [7, 11) is 0.0899. The van der Waals surface area contributed by atoms with E-state index >= 15 is 0 Å². The molecule has 0 aromatic carbocycles. The molecular formula is C18H40Si2. The fraction of sp³-hybridized carbons (Fsp3) is 1.00. The van der Waals surface area contributed by atoms with Crippen molar-refractivity contribution < 1.29 is 0 Å². The first-order valence-electron chi connectivity index (χ1n) is 9.37. The van der Waals surface area contributed by atoms with E-state index in [1.807, 2.05) is 0 Å². The summed E-state index contributed by atoms with van der Waals surface area (Å²) in [6.45, 7) is 9.77. The molecule has 0 amide bonds. The van der Waals surface area contributed by atoms with Gasteiger partial charge in [0.2, 0.25) is 0 Å². The van der Waals surface area contributed by atoms with E-state index in [1.54, 1.807) is 24.9 Å². The molecule has 0 atom stereocenters. The van der Waals surface area contributed by atoms with Gasteiger partial charge >= 0.3 is 0 Å². The quantitative estimate of drug-likeness (QED) is 0.225. The standard InChI is InChI=1S/C18H40Si2/c1-5-7-9-11-13-15-17-20(19(3)4)18-16-14-12-10-8-6-2/h5-18H2,1-4H3. The molecule has 0 aromatic rings. The van der Waals surface area contributed by atoms with E-state index in [-0.39, 0.29) is 16.6 Å². The van der Waals surface area contributed by atoms with Crippen LogP contribution in [0.2, 0.25) is 25.2 Å². The van der Waals surface area contributed by atoms with Crippen LogP contribution < -0.4 is 0 Å². The molecule has 0 heterocycles. The maximum absolute atomic E-state index is 2.58. The molecule has 0 aliphatic rings. The lowest BCUT2D eigenvalue weighted by atomic mass is 10.1. The Morgan fingerprint density at radius 2 is 0.850 bits per heavy atom. The van der Waals surface area contributed by atoms with Crippen LogP contribution in [0.5, 0.6) is 0 Å². The molecule has 20 heavy (non-hydrogen) atoms. The summed E-state index contributed by atoms with van der Waals surface area (Å²) in [4.78, 5) is 0. The summed E-state index contributed by atoms with van der Waals surface area (Å²) < 4.78 is 0. The van der Waals surface area contributed by atoms with Crippen molar-refractivity contribution in [1.29, 1.82) is 0 Å². The van der Waals surface area contributed by atoms with E-state index in [0.717, 1.165) is 0 Å². The highest BCUT2D eigenvalue weighted by Crippen LogP contribution is 2.16. The molecule has 0 fully saturated rings. The fourth-order valence-electron chi connectivity index (χ4n) is 2.86. The summed E-state index contributed by atoms with van der Waals surface area (Å²) in [6, 6.07) is 3.26. The van der Waals surface area contributed by atoms with Crippen LogP contribution in [0.1, 0.15) is 90.9 Å². The first kappa shape index (κ1) is 20.4. The molecule has 0 aromatic heterocycles. The summed E-state index contributed by atoms with van der Waals surface area (Å²) in [5.74, 6) is 0. The zero-order chi connectivity index (χ0) is 15.1. The van der Waals surface area contributed by atoms with Crippen LogP contribution in [0, 0.1) is 0 Å². The Bertz CT molecular complexity index is 164. The average molecular weight is 313 g/mol. The lowest BCUT2D eigenvalue weighted by Crippen LogP contribution is -2.29. The first-order chi connectivity index (χ1) is 9.72. The minimum absolute atomic E-state index is 0.0347. The Morgan fingerprint density at radius 3 is 1.20 bits per heavy atom. The van der Waals surface area contributed by atoms with Crippen molar-refractivity contribution in [2.75, 3.05) is 0 Å². The van der Waals surface area contributed by atoms with E-state index in [0.29, 0.717) is 0 Å². The van der Waals surface area contributed by atoms with Gasteiger partial charge in [-0.3, -0.25) is 0 Å². The minimum Gasteiger partial charge on any atom is -0.0735 e. The number of unbranched alkanes of at least 4 members (excludes halogenated alkanes) is 10. The smallest absolute Gasteiger partial charge is 0.0372 e. The molecule has 0 aliphatic carbocycles. The van der Waals surface area contributed by atoms with Crippen LogP contribution in [0.25, 0.3) is 0 Å². The van der Waals surface area contributed by atoms with E-state index in [9.17, 15) is 0 Å². The topological polar surface area (TPSA) is 0 Å². The highest BCUT2D eigenvalue weighted by molar-refractivity contribution is 7.21. The van der Waals surface area contributed by atoms with Gasteiger partial charge in [-0.2, -0.15) is 0 Å². The minimum atomic E-state index is 0.0347. The lowest BCUT2D eigenvalue weighted by molar-refractivity contribution is 0.618. The van der Waals surface area contributed by atoms with Crippen LogP contribution >= 0.6 is 0 Å². The molecule has 0 nitrogen and oxygen atoms in total. The number of rotatable bonds is 15. The van der Waals surface area contributed by atoms with E-state index in [1.165, 1.54) is 64.2 Å². The predicted octanol–water partition coefficient (Wildman–Crippen LogP) is 7.04. The Hall–Kier alpha value is 0.434. The first-order valence-corrected chi connectivity index (χ1v) is 14.8. The van der Waals surface area contributed by atoms with Crippen molar-refractivity contribution >= 4 is 16.6 Å². The Labute approximate surface area is 133 Å². The van der Waals surface area contributed by atoms with Crippen LogP contribution in [-0.2, 0) is 0 Å². The molecule has 0 unspecified atom stereocenters. The molecule has 120 valence electrons. The van der Waals surface area contributed by atoms with Gasteiger partial charge in [-0.1, -0.05) is 116 Å². The molecule has 0 aliphatic heterocycles. The monoisotopic (exact) mass is 312 g/mol. The summed E-state index contributed by atoms with van der Waals surface area (Å²) in [6.07, 6.45) is 17.7. The van der Waals surface area contributed by atoms with Crippen molar-refractivity contribution in [3.8, 4) is 0 Å². The normalized spacial score (nSPS) is 11.7. The summed E-state index contributed by atoms with van der Waals surface area (Å²) in [5.41, 5.74) is 0. The maximum atomic E-state index is 2.58. The van der Waals surface area contributed by atoms with Crippen molar-refractivity contribution in [2.24, 2.45) is 0 Å². The van der Waals surface area contributed by atoms with Crippen molar-refractivity contribution in [1.82, 2.24) is 0 Å². The average Bonchev–Trinajstić information content (AvgIpc) is 2.43. The largest absolute Gasteiger partial charge is 0.0735 e. The van der Waals surface area contributed by atoms with E-state index in [4.69, 9.17) is 0 Å². The van der Waals surface area contributed by atoms with Gasteiger partial charge in [0.15, 0.2) is 0 Å². The van der Waals surface area contributed by atoms with Crippen molar-refractivity contribution in [2.45, 2.75) is 116 Å². The van der Waals surface area contributed by atoms with Crippen molar-refractivity contribution in [3.05, 3.63) is 0 Å². The summed E-state index contributed by atoms with van der Waals surface area (Å²) in [5, 5.41) is 0. The molecule has 2 heteroatoms. The van der Waals surface area contributed by atoms with Gasteiger partial charge in [0.25, 0.3) is 0 Å². The van der Waals surface area contributed by atoms with Crippen LogP contribution in [0.4, 0.5) is 0 Å². The third-order valence-corrected chi connectivity index (χ3v) is 13.4. The van der Waals surface area contributed by atoms with Crippen LogP contribution in [0.15, 0.2) is 0 Å².